The van der Waals surface area contributed by atoms with Crippen molar-refractivity contribution in [3.8, 4) is 23.0 Å². The molecule has 5 rings (SSSR count). The van der Waals surface area contributed by atoms with Crippen molar-refractivity contribution in [2.75, 3.05) is 11.1 Å². The molecule has 0 saturated carbocycles. The average Bonchev–Trinajstić information content (AvgIpc) is 2.83. The zero-order valence-electron chi connectivity index (χ0n) is 17.8. The summed E-state index contributed by atoms with van der Waals surface area (Å²) in [5.74, 6) is 1.09. The van der Waals surface area contributed by atoms with Crippen LogP contribution in [0.1, 0.15) is 16.7 Å². The number of carbonyl (C=O) groups is 1. The van der Waals surface area contributed by atoms with Crippen LogP contribution in [0.15, 0.2) is 77.8 Å². The van der Waals surface area contributed by atoms with Crippen molar-refractivity contribution in [1.29, 1.82) is 0 Å². The van der Waals surface area contributed by atoms with E-state index in [4.69, 9.17) is 9.72 Å². The number of hydrogen-bond acceptors (Lipinski definition) is 5. The van der Waals surface area contributed by atoms with E-state index < -0.39 is 5.82 Å². The fourth-order valence-corrected chi connectivity index (χ4v) is 4.38. The van der Waals surface area contributed by atoms with Crippen LogP contribution in [-0.2, 0) is 11.2 Å². The average molecular weight is 458 g/mol. The third-order valence-corrected chi connectivity index (χ3v) is 6.29. The van der Waals surface area contributed by atoms with Crippen molar-refractivity contribution in [1.82, 2.24) is 9.97 Å². The summed E-state index contributed by atoms with van der Waals surface area (Å²) in [7, 11) is 0. The molecule has 0 fully saturated rings. The first-order chi connectivity index (χ1) is 16.1. The molecule has 1 aliphatic rings. The lowest BCUT2D eigenvalue weighted by molar-refractivity contribution is -0.113. The minimum atomic E-state index is -0.470. The summed E-state index contributed by atoms with van der Waals surface area (Å²) in [6, 6.07) is 21.8. The van der Waals surface area contributed by atoms with E-state index in [2.05, 4.69) is 10.3 Å². The van der Waals surface area contributed by atoms with Crippen LogP contribution in [-0.4, -0.2) is 21.6 Å². The van der Waals surface area contributed by atoms with E-state index in [9.17, 15) is 9.18 Å². The Bertz CT molecular complexity index is 1340. The minimum absolute atomic E-state index is 0.0762. The Balaban J connectivity index is 1.45. The summed E-state index contributed by atoms with van der Waals surface area (Å²) in [5, 5.41) is 3.29. The molecule has 164 valence electrons. The molecule has 1 aliphatic heterocycles. The van der Waals surface area contributed by atoms with Gasteiger partial charge in [0.1, 0.15) is 16.6 Å². The summed E-state index contributed by atoms with van der Waals surface area (Å²) in [5.41, 5.74) is 4.04. The first kappa shape index (κ1) is 21.2. The highest BCUT2D eigenvalue weighted by Crippen LogP contribution is 2.40. The number of thioether (sulfide) groups is 1. The smallest absolute Gasteiger partial charge is 0.234 e. The Morgan fingerprint density at radius 2 is 1.79 bits per heavy atom. The van der Waals surface area contributed by atoms with Crippen LogP contribution < -0.4 is 10.1 Å². The molecule has 0 radical (unpaired) electrons. The van der Waals surface area contributed by atoms with Crippen LogP contribution in [0.3, 0.4) is 0 Å². The van der Waals surface area contributed by atoms with Gasteiger partial charge in [0.25, 0.3) is 0 Å². The van der Waals surface area contributed by atoms with Crippen LogP contribution in [0.25, 0.3) is 11.4 Å². The Kier molecular flexibility index (Phi) is 5.79. The molecular formula is C26H20FN3O2S. The van der Waals surface area contributed by atoms with Crippen molar-refractivity contribution in [3.05, 3.63) is 95.3 Å². The van der Waals surface area contributed by atoms with E-state index in [0.717, 1.165) is 28.0 Å². The summed E-state index contributed by atoms with van der Waals surface area (Å²) in [4.78, 5) is 22.0. The summed E-state index contributed by atoms with van der Waals surface area (Å²) in [6.45, 7) is 2.02. The number of benzene rings is 3. The van der Waals surface area contributed by atoms with Crippen molar-refractivity contribution in [3.63, 3.8) is 0 Å². The summed E-state index contributed by atoms with van der Waals surface area (Å²) >= 11 is 1.29. The molecule has 1 aromatic heterocycles. The number of fused-ring (bicyclic) bond motifs is 2. The molecule has 0 atom stereocenters. The zero-order chi connectivity index (χ0) is 22.8. The molecular weight excluding hydrogens is 437 g/mol. The molecule has 7 heteroatoms. The normalized spacial score (nSPS) is 11.8. The lowest BCUT2D eigenvalue weighted by atomic mass is 10.0. The predicted octanol–water partition coefficient (Wildman–Crippen LogP) is 6.02. The number of ether oxygens (including phenoxy) is 1. The molecule has 0 saturated heterocycles. The lowest BCUT2D eigenvalue weighted by Crippen LogP contribution is -2.16. The van der Waals surface area contributed by atoms with Gasteiger partial charge in [0.15, 0.2) is 5.82 Å². The number of hydrogen-bond donors (Lipinski definition) is 1. The quantitative estimate of drug-likeness (QED) is 0.258. The monoisotopic (exact) mass is 457 g/mol. The fraction of sp³-hybridized carbons (Fsp3) is 0.115. The van der Waals surface area contributed by atoms with Crippen LogP contribution in [0, 0.1) is 12.7 Å². The van der Waals surface area contributed by atoms with Crippen LogP contribution >= 0.6 is 11.8 Å². The van der Waals surface area contributed by atoms with Gasteiger partial charge in [-0.15, -0.1) is 0 Å². The minimum Gasteiger partial charge on any atom is -0.438 e. The zero-order valence-corrected chi connectivity index (χ0v) is 18.7. The molecule has 33 heavy (non-hydrogen) atoms. The molecule has 2 heterocycles. The van der Waals surface area contributed by atoms with Gasteiger partial charge in [0, 0.05) is 12.0 Å². The molecule has 1 N–H and O–H groups in total. The van der Waals surface area contributed by atoms with Gasteiger partial charge in [-0.25, -0.2) is 9.37 Å². The van der Waals surface area contributed by atoms with E-state index >= 15 is 0 Å². The number of halogens is 1. The van der Waals surface area contributed by atoms with Gasteiger partial charge in [0.2, 0.25) is 11.8 Å². The lowest BCUT2D eigenvalue weighted by Gasteiger charge is -2.21. The second kappa shape index (κ2) is 9.03. The maximum atomic E-state index is 13.9. The van der Waals surface area contributed by atoms with Crippen LogP contribution in [0.4, 0.5) is 10.1 Å². The van der Waals surface area contributed by atoms with Crippen molar-refractivity contribution in [2.24, 2.45) is 0 Å². The molecule has 4 aromatic rings. The van der Waals surface area contributed by atoms with E-state index in [0.29, 0.717) is 23.2 Å². The number of aryl methyl sites for hydroxylation is 1. The molecule has 5 nitrogen and oxygen atoms in total. The van der Waals surface area contributed by atoms with Gasteiger partial charge in [-0.05, 0) is 30.7 Å². The Morgan fingerprint density at radius 3 is 2.61 bits per heavy atom. The number of amides is 1. The Labute approximate surface area is 195 Å². The second-order valence-corrected chi connectivity index (χ2v) is 8.67. The van der Waals surface area contributed by atoms with E-state index in [1.54, 1.807) is 12.1 Å². The third kappa shape index (κ3) is 4.59. The number of carbonyl (C=O) groups excluding carboxylic acids is 1. The van der Waals surface area contributed by atoms with Gasteiger partial charge in [-0.3, -0.25) is 4.79 Å². The third-order valence-electron chi connectivity index (χ3n) is 5.28. The molecule has 1 amide bonds. The number of nitrogens with zero attached hydrogens (tertiary/aromatic N) is 2. The molecule has 0 aliphatic carbocycles. The van der Waals surface area contributed by atoms with Crippen LogP contribution in [0.2, 0.25) is 0 Å². The first-order valence-corrected chi connectivity index (χ1v) is 11.5. The highest BCUT2D eigenvalue weighted by molar-refractivity contribution is 8.00. The summed E-state index contributed by atoms with van der Waals surface area (Å²) in [6.07, 6.45) is 0.608. The van der Waals surface area contributed by atoms with Gasteiger partial charge in [-0.2, -0.15) is 4.98 Å². The van der Waals surface area contributed by atoms with Crippen molar-refractivity contribution in [2.45, 2.75) is 18.4 Å². The fourth-order valence-electron chi connectivity index (χ4n) is 3.56. The highest BCUT2D eigenvalue weighted by Gasteiger charge is 2.24. The standard InChI is InChI=1S/C26H20FN3O2S/c1-16-10-12-17(13-11-16)24-29-25-19(14-18-6-2-5-9-22(18)32-25)26(30-24)33-15-23(31)28-21-8-4-3-7-20(21)27/h2-13H,14-15H2,1H3,(H,28,31). The number of aromatic nitrogens is 2. The topological polar surface area (TPSA) is 64.1 Å². The van der Waals surface area contributed by atoms with Gasteiger partial charge in [-0.1, -0.05) is 71.9 Å². The van der Waals surface area contributed by atoms with E-state index in [1.165, 1.54) is 23.9 Å². The first-order valence-electron chi connectivity index (χ1n) is 10.5. The molecule has 0 unspecified atom stereocenters. The van der Waals surface area contributed by atoms with Crippen LogP contribution in [0.5, 0.6) is 11.6 Å². The van der Waals surface area contributed by atoms with Gasteiger partial charge in [0.05, 0.1) is 17.0 Å². The SMILES string of the molecule is Cc1ccc(-c2nc3c(c(SCC(=O)Nc4ccccc4F)n2)Cc2ccccc2O3)cc1. The van der Waals surface area contributed by atoms with E-state index in [1.807, 2.05) is 55.5 Å². The molecule has 0 spiro atoms. The van der Waals surface area contributed by atoms with Crippen molar-refractivity contribution >= 4 is 23.4 Å². The van der Waals surface area contributed by atoms with Gasteiger partial charge < -0.3 is 10.1 Å². The molecule has 3 aromatic carbocycles. The number of rotatable bonds is 5. The Hall–Kier alpha value is -3.71. The maximum absolute atomic E-state index is 13.9. The van der Waals surface area contributed by atoms with Crippen molar-refractivity contribution < 1.29 is 13.9 Å². The van der Waals surface area contributed by atoms with Gasteiger partial charge >= 0.3 is 0 Å². The number of nitrogens with one attached hydrogen (secondary N) is 1. The largest absolute Gasteiger partial charge is 0.438 e. The predicted molar refractivity (Wildman–Crippen MR) is 127 cm³/mol. The second-order valence-electron chi connectivity index (χ2n) is 7.71. The molecule has 0 bridgehead atoms. The highest BCUT2D eigenvalue weighted by atomic mass is 32.2. The van der Waals surface area contributed by atoms with E-state index in [-0.39, 0.29) is 17.3 Å². The summed E-state index contributed by atoms with van der Waals surface area (Å²) < 4.78 is 20.0. The number of para-hydroxylation sites is 2. The number of anilines is 1. The maximum Gasteiger partial charge on any atom is 0.234 e. The Morgan fingerprint density at radius 1 is 1.03 bits per heavy atom.